The van der Waals surface area contributed by atoms with Gasteiger partial charge in [0.15, 0.2) is 0 Å². The molecule has 1 aliphatic rings. The number of ether oxygens (including phenoxy) is 1. The number of rotatable bonds is 2. The van der Waals surface area contributed by atoms with Crippen LogP contribution in [0.3, 0.4) is 0 Å². The number of carbonyl (C=O) groups is 1. The van der Waals surface area contributed by atoms with E-state index in [1.165, 1.54) is 0 Å². The lowest BCUT2D eigenvalue weighted by molar-refractivity contribution is -0.110. The average Bonchev–Trinajstić information content (AvgIpc) is 2.47. The third-order valence-electron chi connectivity index (χ3n) is 3.39. The summed E-state index contributed by atoms with van der Waals surface area (Å²) in [6.07, 6.45) is 1.71. The van der Waals surface area contributed by atoms with Crippen molar-refractivity contribution in [1.29, 1.82) is 0 Å². The van der Waals surface area contributed by atoms with Gasteiger partial charge in [-0.2, -0.15) is 0 Å². The predicted octanol–water partition coefficient (Wildman–Crippen LogP) is 3.49. The van der Waals surface area contributed by atoms with Gasteiger partial charge in [-0.05, 0) is 11.6 Å². The van der Waals surface area contributed by atoms with Crippen LogP contribution in [0, 0.1) is 0 Å². The molecule has 1 heterocycles. The predicted molar refractivity (Wildman–Crippen MR) is 69.7 cm³/mol. The molecule has 0 radical (unpaired) electrons. The quantitative estimate of drug-likeness (QED) is 0.748. The summed E-state index contributed by atoms with van der Waals surface area (Å²) in [5, 5.41) is 0. The Labute approximate surface area is 106 Å². The third kappa shape index (κ3) is 1.90. The van der Waals surface area contributed by atoms with E-state index in [2.05, 4.69) is 0 Å². The van der Waals surface area contributed by atoms with Crippen LogP contribution < -0.4 is 4.74 Å². The summed E-state index contributed by atoms with van der Waals surface area (Å²) < 4.78 is 5.99. The van der Waals surface area contributed by atoms with Crippen molar-refractivity contribution in [2.45, 2.75) is 18.4 Å². The Balaban J connectivity index is 1.97. The highest BCUT2D eigenvalue weighted by Gasteiger charge is 2.28. The second-order valence-corrected chi connectivity index (χ2v) is 4.53. The SMILES string of the molecule is O=CC1CC(c2ccccc2)Oc2ccccc21. The minimum Gasteiger partial charge on any atom is -0.485 e. The zero-order chi connectivity index (χ0) is 12.4. The maximum absolute atomic E-state index is 11.2. The summed E-state index contributed by atoms with van der Waals surface area (Å²) in [6, 6.07) is 17.8. The minimum absolute atomic E-state index is 0.0312. The number of carbonyl (C=O) groups excluding carboxylic acids is 1. The summed E-state index contributed by atoms with van der Waals surface area (Å²) in [4.78, 5) is 11.2. The monoisotopic (exact) mass is 238 g/mol. The molecule has 2 aromatic carbocycles. The number of fused-ring (bicyclic) bond motifs is 1. The standard InChI is InChI=1S/C16H14O2/c17-11-13-10-16(12-6-2-1-3-7-12)18-15-9-5-4-8-14(13)15/h1-9,11,13,16H,10H2. The summed E-state index contributed by atoms with van der Waals surface area (Å²) >= 11 is 0. The van der Waals surface area contributed by atoms with Crippen LogP contribution >= 0.6 is 0 Å². The van der Waals surface area contributed by atoms with Crippen molar-refractivity contribution < 1.29 is 9.53 Å². The second kappa shape index (κ2) is 4.65. The Morgan fingerprint density at radius 1 is 1.00 bits per heavy atom. The number of hydrogen-bond acceptors (Lipinski definition) is 2. The first kappa shape index (κ1) is 11.0. The fraction of sp³-hybridized carbons (Fsp3) is 0.188. The Morgan fingerprint density at radius 3 is 2.50 bits per heavy atom. The van der Waals surface area contributed by atoms with Gasteiger partial charge in [0, 0.05) is 17.9 Å². The highest BCUT2D eigenvalue weighted by molar-refractivity contribution is 5.65. The molecule has 2 atom stereocenters. The molecule has 0 bridgehead atoms. The maximum atomic E-state index is 11.2. The van der Waals surface area contributed by atoms with Gasteiger partial charge in [-0.25, -0.2) is 0 Å². The normalized spacial score (nSPS) is 21.8. The van der Waals surface area contributed by atoms with Gasteiger partial charge >= 0.3 is 0 Å². The lowest BCUT2D eigenvalue weighted by Crippen LogP contribution is -2.19. The maximum Gasteiger partial charge on any atom is 0.127 e. The average molecular weight is 238 g/mol. The summed E-state index contributed by atoms with van der Waals surface area (Å²) in [5.41, 5.74) is 2.12. The van der Waals surface area contributed by atoms with E-state index in [-0.39, 0.29) is 12.0 Å². The van der Waals surface area contributed by atoms with Gasteiger partial charge in [-0.3, -0.25) is 0 Å². The zero-order valence-electron chi connectivity index (χ0n) is 9.95. The van der Waals surface area contributed by atoms with Crippen molar-refractivity contribution in [1.82, 2.24) is 0 Å². The van der Waals surface area contributed by atoms with E-state index in [0.717, 1.165) is 23.2 Å². The van der Waals surface area contributed by atoms with Gasteiger partial charge in [0.2, 0.25) is 0 Å². The molecule has 0 amide bonds. The smallest absolute Gasteiger partial charge is 0.127 e. The van der Waals surface area contributed by atoms with Crippen LogP contribution in [0.5, 0.6) is 5.75 Å². The van der Waals surface area contributed by atoms with E-state index in [9.17, 15) is 4.79 Å². The van der Waals surface area contributed by atoms with E-state index < -0.39 is 0 Å². The van der Waals surface area contributed by atoms with Crippen molar-refractivity contribution in [3.8, 4) is 5.75 Å². The first-order chi connectivity index (χ1) is 8.88. The molecule has 2 heteroatoms. The van der Waals surface area contributed by atoms with Crippen molar-refractivity contribution in [2.75, 3.05) is 0 Å². The zero-order valence-corrected chi connectivity index (χ0v) is 9.95. The molecule has 3 rings (SSSR count). The van der Waals surface area contributed by atoms with Crippen LogP contribution in [0.15, 0.2) is 54.6 Å². The summed E-state index contributed by atoms with van der Waals surface area (Å²) in [7, 11) is 0. The highest BCUT2D eigenvalue weighted by atomic mass is 16.5. The molecule has 0 aliphatic carbocycles. The summed E-state index contributed by atoms with van der Waals surface area (Å²) in [5.74, 6) is 0.759. The minimum atomic E-state index is -0.0693. The Bertz CT molecular complexity index is 548. The molecule has 1 aliphatic heterocycles. The third-order valence-corrected chi connectivity index (χ3v) is 3.39. The van der Waals surface area contributed by atoms with Crippen molar-refractivity contribution >= 4 is 6.29 Å². The van der Waals surface area contributed by atoms with E-state index in [0.29, 0.717) is 6.42 Å². The first-order valence-electron chi connectivity index (χ1n) is 6.14. The van der Waals surface area contributed by atoms with Gasteiger partial charge < -0.3 is 9.53 Å². The number of para-hydroxylation sites is 1. The van der Waals surface area contributed by atoms with Gasteiger partial charge in [0.25, 0.3) is 0 Å². The molecule has 2 unspecified atom stereocenters. The fourth-order valence-electron chi connectivity index (χ4n) is 2.45. The molecular formula is C16H14O2. The molecule has 2 aromatic rings. The van der Waals surface area contributed by atoms with Crippen LogP contribution in [0.4, 0.5) is 0 Å². The Hall–Kier alpha value is -2.09. The lowest BCUT2D eigenvalue weighted by atomic mass is 9.88. The van der Waals surface area contributed by atoms with Crippen molar-refractivity contribution in [3.05, 3.63) is 65.7 Å². The van der Waals surface area contributed by atoms with Gasteiger partial charge in [-0.1, -0.05) is 48.5 Å². The van der Waals surface area contributed by atoms with E-state index in [4.69, 9.17) is 4.74 Å². The Morgan fingerprint density at radius 2 is 1.72 bits per heavy atom. The molecule has 90 valence electrons. The highest BCUT2D eigenvalue weighted by Crippen LogP contribution is 2.40. The van der Waals surface area contributed by atoms with Crippen molar-refractivity contribution in [3.63, 3.8) is 0 Å². The van der Waals surface area contributed by atoms with E-state index in [1.807, 2.05) is 54.6 Å². The van der Waals surface area contributed by atoms with Crippen molar-refractivity contribution in [2.24, 2.45) is 0 Å². The Kier molecular flexibility index (Phi) is 2.85. The van der Waals surface area contributed by atoms with Crippen LogP contribution in [-0.2, 0) is 4.79 Å². The summed E-state index contributed by atoms with van der Waals surface area (Å²) in [6.45, 7) is 0. The first-order valence-corrected chi connectivity index (χ1v) is 6.14. The van der Waals surface area contributed by atoms with Crippen LogP contribution in [-0.4, -0.2) is 6.29 Å². The van der Waals surface area contributed by atoms with Gasteiger partial charge in [0.1, 0.15) is 18.1 Å². The molecule has 0 saturated carbocycles. The molecule has 0 aromatic heterocycles. The second-order valence-electron chi connectivity index (χ2n) is 4.53. The van der Waals surface area contributed by atoms with E-state index >= 15 is 0 Å². The number of hydrogen-bond donors (Lipinski definition) is 0. The van der Waals surface area contributed by atoms with Gasteiger partial charge in [-0.15, -0.1) is 0 Å². The molecule has 0 saturated heterocycles. The van der Waals surface area contributed by atoms with Crippen LogP contribution in [0.1, 0.15) is 29.6 Å². The largest absolute Gasteiger partial charge is 0.485 e. The molecule has 18 heavy (non-hydrogen) atoms. The van der Waals surface area contributed by atoms with E-state index in [1.54, 1.807) is 0 Å². The topological polar surface area (TPSA) is 26.3 Å². The lowest BCUT2D eigenvalue weighted by Gasteiger charge is -2.29. The molecule has 0 fully saturated rings. The fourth-order valence-corrected chi connectivity index (χ4v) is 2.45. The molecule has 0 spiro atoms. The molecule has 2 nitrogen and oxygen atoms in total. The van der Waals surface area contributed by atoms with Gasteiger partial charge in [0.05, 0.1) is 0 Å². The molecule has 0 N–H and O–H groups in total. The number of aldehydes is 1. The van der Waals surface area contributed by atoms with Crippen LogP contribution in [0.2, 0.25) is 0 Å². The number of benzene rings is 2. The van der Waals surface area contributed by atoms with Crippen LogP contribution in [0.25, 0.3) is 0 Å². The molecular weight excluding hydrogens is 224 g/mol.